The Morgan fingerprint density at radius 2 is 1.92 bits per heavy atom. The second-order valence-electron chi connectivity index (χ2n) is 8.97. The molecule has 3 N–H and O–H groups in total. The molecule has 2 aliphatic heterocycles. The molecule has 0 saturated carbocycles. The second-order valence-corrected chi connectivity index (χ2v) is 8.97. The number of aliphatic hydroxyl groups is 1. The van der Waals surface area contributed by atoms with Crippen LogP contribution in [-0.4, -0.2) is 73.7 Å². The molecule has 0 aromatic heterocycles. The first-order valence-corrected chi connectivity index (χ1v) is 11.9. The van der Waals surface area contributed by atoms with Gasteiger partial charge in [0.15, 0.2) is 0 Å². The normalized spacial score (nSPS) is 18.5. The van der Waals surface area contributed by atoms with Gasteiger partial charge in [-0.05, 0) is 30.7 Å². The molecule has 2 aromatic carbocycles. The molecule has 2 aliphatic rings. The molecule has 2 heterocycles. The summed E-state index contributed by atoms with van der Waals surface area (Å²) in [4.78, 5) is 41.6. The molecule has 4 rings (SSSR count). The minimum Gasteiger partial charge on any atom is -0.489 e. The zero-order chi connectivity index (χ0) is 25.7. The van der Waals surface area contributed by atoms with Gasteiger partial charge in [0.2, 0.25) is 0 Å². The fourth-order valence-electron chi connectivity index (χ4n) is 4.16. The Hall–Kier alpha value is -3.87. The highest BCUT2D eigenvalue weighted by molar-refractivity contribution is 6.35. The number of anilines is 1. The molecule has 1 saturated heterocycles. The van der Waals surface area contributed by atoms with Gasteiger partial charge in [-0.25, -0.2) is 0 Å². The molecular weight excluding hydrogens is 460 g/mol. The van der Waals surface area contributed by atoms with Gasteiger partial charge in [0.25, 0.3) is 5.91 Å². The maximum absolute atomic E-state index is 13.1. The van der Waals surface area contributed by atoms with E-state index < -0.39 is 23.8 Å². The number of benzene rings is 2. The summed E-state index contributed by atoms with van der Waals surface area (Å²) in [5, 5.41) is 14.1. The fraction of sp³-hybridized carbons (Fsp3) is 0.370. The van der Waals surface area contributed by atoms with Crippen molar-refractivity contribution >= 4 is 23.4 Å². The number of fused-ring (bicyclic) bond motifs is 1. The van der Waals surface area contributed by atoms with Crippen LogP contribution in [0.15, 0.2) is 48.5 Å². The predicted octanol–water partition coefficient (Wildman–Crippen LogP) is 0.680. The van der Waals surface area contributed by atoms with Crippen molar-refractivity contribution in [2.24, 2.45) is 5.92 Å². The number of ether oxygens (including phenoxy) is 1. The summed E-state index contributed by atoms with van der Waals surface area (Å²) in [7, 11) is 1.60. The van der Waals surface area contributed by atoms with E-state index in [9.17, 15) is 14.4 Å². The van der Waals surface area contributed by atoms with E-state index in [4.69, 9.17) is 9.84 Å². The highest BCUT2D eigenvalue weighted by Gasteiger charge is 2.32. The number of nitrogens with zero attached hydrogens (tertiary/aromatic N) is 2. The smallest absolute Gasteiger partial charge is 0.310 e. The number of carbonyl (C=O) groups excluding carboxylic acids is 3. The average molecular weight is 491 g/mol. The van der Waals surface area contributed by atoms with Crippen LogP contribution in [0.1, 0.15) is 24.1 Å². The summed E-state index contributed by atoms with van der Waals surface area (Å²) in [6.07, 6.45) is 0. The first-order chi connectivity index (χ1) is 17.4. The second kappa shape index (κ2) is 11.2. The molecule has 188 valence electrons. The number of carbonyl (C=O) groups is 3. The number of amides is 3. The molecule has 0 bridgehead atoms. The first-order valence-electron chi connectivity index (χ1n) is 11.9. The van der Waals surface area contributed by atoms with Crippen LogP contribution in [0.3, 0.4) is 0 Å². The lowest BCUT2D eigenvalue weighted by Gasteiger charge is -2.35. The first kappa shape index (κ1) is 25.2. The SMILES string of the molecule is C[C@@H](NC(=O)C(=O)N[C@H]1COc2ccc(C#CC3CN(CCO)C3)cc2N(C)C1=O)c1ccccc1. The number of likely N-dealkylation sites (N-methyl/N-ethyl adjacent to an activating group) is 1. The average Bonchev–Trinajstić information content (AvgIpc) is 2.97. The van der Waals surface area contributed by atoms with E-state index in [1.165, 1.54) is 4.90 Å². The standard InChI is InChI=1S/C27H30N4O5/c1-18(21-6-4-3-5-7-21)28-25(33)26(34)29-22-17-36-24-11-10-19(14-23(24)30(2)27(22)35)8-9-20-15-31(16-20)12-13-32/h3-7,10-11,14,18,20,22,32H,12-13,15-17H2,1-2H3,(H,28,33)(H,29,34)/t18-,22+/m1/s1. The van der Waals surface area contributed by atoms with Gasteiger partial charge < -0.3 is 25.4 Å². The van der Waals surface area contributed by atoms with Crippen molar-refractivity contribution in [2.75, 3.05) is 44.8 Å². The summed E-state index contributed by atoms with van der Waals surface area (Å²) in [6.45, 7) is 4.15. The number of likely N-dealkylation sites (tertiary alicyclic amines) is 1. The summed E-state index contributed by atoms with van der Waals surface area (Å²) in [6, 6.07) is 13.3. The van der Waals surface area contributed by atoms with Crippen LogP contribution in [0.25, 0.3) is 0 Å². The largest absolute Gasteiger partial charge is 0.489 e. The Morgan fingerprint density at radius 3 is 2.64 bits per heavy atom. The van der Waals surface area contributed by atoms with Gasteiger partial charge in [-0.1, -0.05) is 42.2 Å². The van der Waals surface area contributed by atoms with Crippen molar-refractivity contribution in [1.29, 1.82) is 0 Å². The van der Waals surface area contributed by atoms with Crippen molar-refractivity contribution in [3.63, 3.8) is 0 Å². The van der Waals surface area contributed by atoms with Gasteiger partial charge in [0.1, 0.15) is 18.4 Å². The van der Waals surface area contributed by atoms with E-state index in [1.54, 1.807) is 26.1 Å². The van der Waals surface area contributed by atoms with Crippen molar-refractivity contribution < 1.29 is 24.2 Å². The Balaban J connectivity index is 1.37. The van der Waals surface area contributed by atoms with Crippen LogP contribution in [0.2, 0.25) is 0 Å². The Morgan fingerprint density at radius 1 is 1.17 bits per heavy atom. The summed E-state index contributed by atoms with van der Waals surface area (Å²) in [5.41, 5.74) is 2.15. The molecule has 0 unspecified atom stereocenters. The van der Waals surface area contributed by atoms with Gasteiger partial charge >= 0.3 is 11.8 Å². The Labute approximate surface area is 210 Å². The summed E-state index contributed by atoms with van der Waals surface area (Å²) in [5.74, 6) is 5.00. The highest BCUT2D eigenvalue weighted by atomic mass is 16.5. The van der Waals surface area contributed by atoms with E-state index >= 15 is 0 Å². The van der Waals surface area contributed by atoms with E-state index in [0.717, 1.165) is 24.2 Å². The molecule has 9 heteroatoms. The third-order valence-corrected chi connectivity index (χ3v) is 6.31. The van der Waals surface area contributed by atoms with Crippen molar-refractivity contribution in [1.82, 2.24) is 15.5 Å². The monoisotopic (exact) mass is 490 g/mol. The van der Waals surface area contributed by atoms with Gasteiger partial charge in [0, 0.05) is 38.2 Å². The summed E-state index contributed by atoms with van der Waals surface area (Å²) >= 11 is 0. The molecule has 0 aliphatic carbocycles. The van der Waals surface area contributed by atoms with Gasteiger partial charge in [-0.3, -0.25) is 19.3 Å². The molecule has 1 fully saturated rings. The molecule has 0 radical (unpaired) electrons. The number of nitrogens with one attached hydrogen (secondary N) is 2. The number of hydrogen-bond acceptors (Lipinski definition) is 6. The Kier molecular flexibility index (Phi) is 7.88. The van der Waals surface area contributed by atoms with Crippen molar-refractivity contribution in [3.05, 3.63) is 59.7 Å². The van der Waals surface area contributed by atoms with Crippen LogP contribution >= 0.6 is 0 Å². The van der Waals surface area contributed by atoms with E-state index in [1.807, 2.05) is 36.4 Å². The van der Waals surface area contributed by atoms with Crippen molar-refractivity contribution in [3.8, 4) is 17.6 Å². The van der Waals surface area contributed by atoms with E-state index in [2.05, 4.69) is 27.4 Å². The Bertz CT molecular complexity index is 1180. The number of β-amino-alcohol motifs (C(OH)–C–C–N with tert-alkyl or cyclic N) is 1. The molecule has 9 nitrogen and oxygen atoms in total. The van der Waals surface area contributed by atoms with Crippen molar-refractivity contribution in [2.45, 2.75) is 19.0 Å². The molecule has 2 aromatic rings. The quantitative estimate of drug-likeness (QED) is 0.420. The lowest BCUT2D eigenvalue weighted by molar-refractivity contribution is -0.141. The number of rotatable bonds is 5. The molecular formula is C27H30N4O5. The van der Waals surface area contributed by atoms with Crippen LogP contribution in [-0.2, 0) is 14.4 Å². The van der Waals surface area contributed by atoms with E-state index in [0.29, 0.717) is 18.0 Å². The minimum absolute atomic E-state index is 0.1000. The summed E-state index contributed by atoms with van der Waals surface area (Å²) < 4.78 is 5.80. The van der Waals surface area contributed by atoms with Crippen LogP contribution in [0.5, 0.6) is 5.75 Å². The molecule has 3 amide bonds. The maximum Gasteiger partial charge on any atom is 0.310 e. The molecule has 0 spiro atoms. The number of aliphatic hydroxyl groups excluding tert-OH is 1. The molecule has 2 atom stereocenters. The van der Waals surface area contributed by atoms with Gasteiger partial charge in [-0.15, -0.1) is 0 Å². The van der Waals surface area contributed by atoms with Crippen LogP contribution in [0, 0.1) is 17.8 Å². The topological polar surface area (TPSA) is 111 Å². The zero-order valence-electron chi connectivity index (χ0n) is 20.4. The third kappa shape index (κ3) is 5.85. The van der Waals surface area contributed by atoms with Crippen LogP contribution in [0.4, 0.5) is 5.69 Å². The van der Waals surface area contributed by atoms with Gasteiger partial charge in [0.05, 0.1) is 18.3 Å². The number of hydrogen-bond donors (Lipinski definition) is 3. The predicted molar refractivity (Wildman–Crippen MR) is 134 cm³/mol. The highest BCUT2D eigenvalue weighted by Crippen LogP contribution is 2.31. The van der Waals surface area contributed by atoms with E-state index in [-0.39, 0.29) is 25.2 Å². The lowest BCUT2D eigenvalue weighted by Crippen LogP contribution is -2.53. The van der Waals surface area contributed by atoms with Gasteiger partial charge in [-0.2, -0.15) is 0 Å². The minimum atomic E-state index is -1.02. The maximum atomic E-state index is 13.1. The fourth-order valence-corrected chi connectivity index (χ4v) is 4.16. The zero-order valence-corrected chi connectivity index (χ0v) is 20.4. The lowest BCUT2D eigenvalue weighted by atomic mass is 10.0. The molecule has 36 heavy (non-hydrogen) atoms. The van der Waals surface area contributed by atoms with Crippen LogP contribution < -0.4 is 20.3 Å². The third-order valence-electron chi connectivity index (χ3n) is 6.31.